The van der Waals surface area contributed by atoms with E-state index in [2.05, 4.69) is 28.2 Å². The number of hydrogen-bond donors (Lipinski definition) is 1. The van der Waals surface area contributed by atoms with Crippen molar-refractivity contribution in [2.75, 3.05) is 5.32 Å². The minimum absolute atomic E-state index is 0.139. The molecule has 2 aromatic rings. The summed E-state index contributed by atoms with van der Waals surface area (Å²) in [6.45, 7) is 6.10. The van der Waals surface area contributed by atoms with Crippen molar-refractivity contribution >= 4 is 27.5 Å². The van der Waals surface area contributed by atoms with E-state index in [9.17, 15) is 4.79 Å². The maximum atomic E-state index is 12.3. The van der Waals surface area contributed by atoms with Gasteiger partial charge in [-0.2, -0.15) is 0 Å². The predicted molar refractivity (Wildman–Crippen MR) is 93.7 cm³/mol. The third kappa shape index (κ3) is 4.34. The second kappa shape index (κ2) is 7.45. The summed E-state index contributed by atoms with van der Waals surface area (Å²) in [4.78, 5) is 12.3. The Morgan fingerprint density at radius 3 is 2.50 bits per heavy atom. The molecule has 0 bridgehead atoms. The average molecular weight is 362 g/mol. The molecular formula is C18H20BrNO2. The Morgan fingerprint density at radius 2 is 1.91 bits per heavy atom. The first-order valence-electron chi connectivity index (χ1n) is 7.34. The zero-order valence-corrected chi connectivity index (χ0v) is 14.6. The number of carbonyl (C=O) groups is 1. The van der Waals surface area contributed by atoms with Crippen LogP contribution in [0.1, 0.15) is 36.2 Å². The van der Waals surface area contributed by atoms with Crippen molar-refractivity contribution in [2.45, 2.75) is 33.3 Å². The number of hydrogen-bond acceptors (Lipinski definition) is 2. The molecule has 0 fully saturated rings. The number of benzene rings is 2. The van der Waals surface area contributed by atoms with Gasteiger partial charge in [0, 0.05) is 10.0 Å². The Kier molecular flexibility index (Phi) is 5.61. The van der Waals surface area contributed by atoms with Crippen molar-refractivity contribution in [1.29, 1.82) is 0 Å². The lowest BCUT2D eigenvalue weighted by Gasteiger charge is -2.13. The number of ether oxygens (including phenoxy) is 1. The topological polar surface area (TPSA) is 38.3 Å². The highest BCUT2D eigenvalue weighted by Crippen LogP contribution is 2.24. The van der Waals surface area contributed by atoms with Crippen molar-refractivity contribution in [3.63, 3.8) is 0 Å². The van der Waals surface area contributed by atoms with Gasteiger partial charge in [0.1, 0.15) is 5.75 Å². The number of carbonyl (C=O) groups excluding carboxylic acids is 1. The summed E-state index contributed by atoms with van der Waals surface area (Å²) in [7, 11) is 0. The zero-order chi connectivity index (χ0) is 16.1. The molecule has 0 aliphatic heterocycles. The first-order valence-corrected chi connectivity index (χ1v) is 8.13. The molecular weight excluding hydrogens is 342 g/mol. The van der Waals surface area contributed by atoms with Crippen LogP contribution in [0.15, 0.2) is 46.9 Å². The molecule has 1 atom stereocenters. The van der Waals surface area contributed by atoms with Gasteiger partial charge in [0.2, 0.25) is 0 Å². The van der Waals surface area contributed by atoms with Crippen LogP contribution in [-0.4, -0.2) is 12.0 Å². The fraction of sp³-hybridized carbons (Fsp3) is 0.278. The van der Waals surface area contributed by atoms with Gasteiger partial charge in [-0.05, 0) is 78.2 Å². The fourth-order valence-electron chi connectivity index (χ4n) is 1.92. The number of nitrogens with one attached hydrogen (secondary N) is 1. The van der Waals surface area contributed by atoms with Gasteiger partial charge in [0.25, 0.3) is 5.91 Å². The molecule has 116 valence electrons. The molecule has 2 aromatic carbocycles. The third-order valence-electron chi connectivity index (χ3n) is 3.40. The molecule has 0 saturated heterocycles. The van der Waals surface area contributed by atoms with Crippen molar-refractivity contribution in [2.24, 2.45) is 0 Å². The van der Waals surface area contributed by atoms with Crippen molar-refractivity contribution < 1.29 is 9.53 Å². The summed E-state index contributed by atoms with van der Waals surface area (Å²) >= 11 is 3.46. The van der Waals surface area contributed by atoms with Crippen LogP contribution in [0.5, 0.6) is 5.75 Å². The lowest BCUT2D eigenvalue weighted by Crippen LogP contribution is -2.13. The van der Waals surface area contributed by atoms with Crippen LogP contribution in [0.3, 0.4) is 0 Å². The summed E-state index contributed by atoms with van der Waals surface area (Å²) in [6.07, 6.45) is 1.12. The summed E-state index contributed by atoms with van der Waals surface area (Å²) < 4.78 is 6.58. The van der Waals surface area contributed by atoms with Crippen LogP contribution in [0, 0.1) is 6.92 Å². The Morgan fingerprint density at radius 1 is 1.23 bits per heavy atom. The van der Waals surface area contributed by atoms with Crippen LogP contribution < -0.4 is 10.1 Å². The average Bonchev–Trinajstić information content (AvgIpc) is 2.50. The standard InChI is InChI=1S/C18H20BrNO2/c1-4-13(3)22-15-8-6-14(7-9-15)18(21)20-17-10-5-12(2)11-16(17)19/h5-11,13H,4H2,1-3H3,(H,20,21). The molecule has 2 rings (SSSR count). The molecule has 1 N–H and O–H groups in total. The van der Waals surface area contributed by atoms with E-state index in [1.54, 1.807) is 12.1 Å². The summed E-state index contributed by atoms with van der Waals surface area (Å²) in [5.74, 6) is 0.641. The van der Waals surface area contributed by atoms with Gasteiger partial charge in [-0.25, -0.2) is 0 Å². The Balaban J connectivity index is 2.06. The van der Waals surface area contributed by atoms with E-state index >= 15 is 0 Å². The van der Waals surface area contributed by atoms with Gasteiger partial charge in [-0.3, -0.25) is 4.79 Å². The maximum absolute atomic E-state index is 12.3. The predicted octanol–water partition coefficient (Wildman–Crippen LogP) is 5.19. The maximum Gasteiger partial charge on any atom is 0.255 e. The first kappa shape index (κ1) is 16.6. The van der Waals surface area contributed by atoms with Crippen LogP contribution >= 0.6 is 15.9 Å². The Bertz CT molecular complexity index is 653. The molecule has 0 aliphatic rings. The van der Waals surface area contributed by atoms with E-state index < -0.39 is 0 Å². The smallest absolute Gasteiger partial charge is 0.255 e. The quantitative estimate of drug-likeness (QED) is 0.795. The van der Waals surface area contributed by atoms with Gasteiger partial charge < -0.3 is 10.1 Å². The first-order chi connectivity index (χ1) is 10.5. The van der Waals surface area contributed by atoms with E-state index in [4.69, 9.17) is 4.74 Å². The van der Waals surface area contributed by atoms with E-state index in [0.717, 1.165) is 27.9 Å². The van der Waals surface area contributed by atoms with Gasteiger partial charge in [0.15, 0.2) is 0 Å². The molecule has 3 nitrogen and oxygen atoms in total. The van der Waals surface area contributed by atoms with Gasteiger partial charge in [-0.15, -0.1) is 0 Å². The second-order valence-electron chi connectivity index (χ2n) is 5.30. The highest BCUT2D eigenvalue weighted by Gasteiger charge is 2.09. The van der Waals surface area contributed by atoms with Crippen molar-refractivity contribution in [3.05, 3.63) is 58.1 Å². The zero-order valence-electron chi connectivity index (χ0n) is 13.0. The van der Waals surface area contributed by atoms with Crippen molar-refractivity contribution in [3.8, 4) is 5.75 Å². The molecule has 22 heavy (non-hydrogen) atoms. The van der Waals surface area contributed by atoms with E-state index in [1.807, 2.05) is 44.2 Å². The number of aryl methyl sites for hydroxylation is 1. The minimum atomic E-state index is -0.139. The third-order valence-corrected chi connectivity index (χ3v) is 4.06. The van der Waals surface area contributed by atoms with Crippen LogP contribution in [0.2, 0.25) is 0 Å². The summed E-state index contributed by atoms with van der Waals surface area (Å²) in [5.41, 5.74) is 2.50. The lowest BCUT2D eigenvalue weighted by molar-refractivity contribution is 0.102. The monoisotopic (exact) mass is 361 g/mol. The summed E-state index contributed by atoms with van der Waals surface area (Å²) in [5, 5.41) is 2.90. The lowest BCUT2D eigenvalue weighted by atomic mass is 10.2. The number of amides is 1. The van der Waals surface area contributed by atoms with E-state index in [-0.39, 0.29) is 12.0 Å². The highest BCUT2D eigenvalue weighted by atomic mass is 79.9. The summed E-state index contributed by atoms with van der Waals surface area (Å²) in [6, 6.07) is 13.0. The molecule has 4 heteroatoms. The normalized spacial score (nSPS) is 11.8. The van der Waals surface area contributed by atoms with Gasteiger partial charge >= 0.3 is 0 Å². The molecule has 0 spiro atoms. The van der Waals surface area contributed by atoms with Crippen LogP contribution in [-0.2, 0) is 0 Å². The molecule has 0 aliphatic carbocycles. The molecule has 0 heterocycles. The van der Waals surface area contributed by atoms with Crippen LogP contribution in [0.25, 0.3) is 0 Å². The van der Waals surface area contributed by atoms with Crippen molar-refractivity contribution in [1.82, 2.24) is 0 Å². The minimum Gasteiger partial charge on any atom is -0.491 e. The van der Waals surface area contributed by atoms with Crippen LogP contribution in [0.4, 0.5) is 5.69 Å². The van der Waals surface area contributed by atoms with Gasteiger partial charge in [-0.1, -0.05) is 13.0 Å². The number of halogens is 1. The van der Waals surface area contributed by atoms with Gasteiger partial charge in [0.05, 0.1) is 11.8 Å². The molecule has 0 saturated carbocycles. The Labute approximate surface area is 139 Å². The SMILES string of the molecule is CCC(C)Oc1ccc(C(=O)Nc2ccc(C)cc2Br)cc1. The molecule has 0 aromatic heterocycles. The molecule has 0 radical (unpaired) electrons. The fourth-order valence-corrected chi connectivity index (χ4v) is 2.51. The number of rotatable bonds is 5. The second-order valence-corrected chi connectivity index (χ2v) is 6.15. The largest absolute Gasteiger partial charge is 0.491 e. The van der Waals surface area contributed by atoms with E-state index in [1.165, 1.54) is 0 Å². The molecule has 1 unspecified atom stereocenters. The Hall–Kier alpha value is -1.81. The number of anilines is 1. The van der Waals surface area contributed by atoms with E-state index in [0.29, 0.717) is 5.56 Å². The highest BCUT2D eigenvalue weighted by molar-refractivity contribution is 9.10. The molecule has 1 amide bonds.